The van der Waals surface area contributed by atoms with Crippen LogP contribution in [0.3, 0.4) is 0 Å². The number of hydrogen-bond acceptors (Lipinski definition) is 10. The van der Waals surface area contributed by atoms with Crippen LogP contribution in [0.15, 0.2) is 0 Å². The molecule has 192 valence electrons. The molecule has 12 heteroatoms. The Morgan fingerprint density at radius 2 is 1.64 bits per heavy atom. The summed E-state index contributed by atoms with van der Waals surface area (Å²) in [5, 5.41) is 53.9. The third kappa shape index (κ3) is 6.61. The van der Waals surface area contributed by atoms with Gasteiger partial charge in [-0.05, 0) is 26.7 Å². The van der Waals surface area contributed by atoms with Crippen LogP contribution in [0.2, 0.25) is 0 Å². The van der Waals surface area contributed by atoms with Crippen molar-refractivity contribution < 1.29 is 54.1 Å². The second kappa shape index (κ2) is 10.9. The van der Waals surface area contributed by atoms with Gasteiger partial charge in [-0.25, -0.2) is 4.79 Å². The van der Waals surface area contributed by atoms with Crippen molar-refractivity contribution in [1.29, 1.82) is 0 Å². The lowest BCUT2D eigenvalue weighted by atomic mass is 9.89. The zero-order valence-electron chi connectivity index (χ0n) is 19.7. The molecule has 0 aliphatic carbocycles. The number of aliphatic hydroxyl groups is 4. The second-order valence-electron chi connectivity index (χ2n) is 9.82. The number of hydrogen-bond donors (Lipinski definition) is 6. The minimum atomic E-state index is -1.66. The smallest absolute Gasteiger partial charge is 0.335 e. The molecule has 2 rings (SSSR count). The predicted octanol–water partition coefficient (Wildman–Crippen LogP) is -1.63. The number of carbonyl (C=O) groups excluding carboxylic acids is 1. The number of carboxylic acids is 1. The molecule has 2 saturated heterocycles. The Morgan fingerprint density at radius 3 is 2.09 bits per heavy atom. The summed E-state index contributed by atoms with van der Waals surface area (Å²) >= 11 is 0. The van der Waals surface area contributed by atoms with E-state index in [1.54, 1.807) is 34.6 Å². The molecule has 1 amide bonds. The Labute approximate surface area is 192 Å². The topological polar surface area (TPSA) is 184 Å². The van der Waals surface area contributed by atoms with Crippen molar-refractivity contribution in [3.63, 3.8) is 0 Å². The van der Waals surface area contributed by atoms with Crippen LogP contribution in [0.1, 0.15) is 41.5 Å². The van der Waals surface area contributed by atoms with Crippen molar-refractivity contribution >= 4 is 11.9 Å². The predicted molar refractivity (Wildman–Crippen MR) is 112 cm³/mol. The van der Waals surface area contributed by atoms with Crippen LogP contribution in [-0.4, -0.2) is 111 Å². The van der Waals surface area contributed by atoms with Crippen molar-refractivity contribution in [3.05, 3.63) is 0 Å². The number of rotatable bonds is 7. The van der Waals surface area contributed by atoms with Crippen molar-refractivity contribution in [2.75, 3.05) is 6.61 Å². The number of nitrogens with one attached hydrogen (secondary N) is 1. The van der Waals surface area contributed by atoms with Crippen LogP contribution in [0.25, 0.3) is 0 Å². The van der Waals surface area contributed by atoms with E-state index in [4.69, 9.17) is 18.9 Å². The highest BCUT2D eigenvalue weighted by Crippen LogP contribution is 2.33. The number of amides is 1. The molecule has 0 aromatic heterocycles. The van der Waals surface area contributed by atoms with E-state index in [9.17, 15) is 35.1 Å². The second-order valence-corrected chi connectivity index (χ2v) is 9.82. The Morgan fingerprint density at radius 1 is 1.03 bits per heavy atom. The molecule has 0 aromatic rings. The summed E-state index contributed by atoms with van der Waals surface area (Å²) in [7, 11) is 0. The third-order valence-electron chi connectivity index (χ3n) is 5.53. The number of ether oxygens (including phenoxy) is 4. The maximum absolute atomic E-state index is 11.9. The van der Waals surface area contributed by atoms with E-state index in [2.05, 4.69) is 5.32 Å². The van der Waals surface area contributed by atoms with Crippen molar-refractivity contribution in [2.45, 2.75) is 108 Å². The fourth-order valence-electron chi connectivity index (χ4n) is 4.07. The third-order valence-corrected chi connectivity index (χ3v) is 5.53. The summed E-state index contributed by atoms with van der Waals surface area (Å²) in [6.45, 7) is 9.20. The minimum absolute atomic E-state index is 0.297. The van der Waals surface area contributed by atoms with Crippen LogP contribution in [-0.2, 0) is 28.5 Å². The van der Waals surface area contributed by atoms with E-state index >= 15 is 0 Å². The number of aliphatic hydroxyl groups excluding tert-OH is 4. The first kappa shape index (κ1) is 27.9. The molecule has 0 saturated carbocycles. The van der Waals surface area contributed by atoms with Gasteiger partial charge in [-0.1, -0.05) is 13.8 Å². The van der Waals surface area contributed by atoms with E-state index in [1.807, 2.05) is 0 Å². The molecule has 0 radical (unpaired) electrons. The van der Waals surface area contributed by atoms with Gasteiger partial charge >= 0.3 is 5.97 Å². The summed E-state index contributed by atoms with van der Waals surface area (Å²) in [5.41, 5.74) is -0.776. The molecule has 0 spiro atoms. The summed E-state index contributed by atoms with van der Waals surface area (Å²) < 4.78 is 22.9. The quantitative estimate of drug-likeness (QED) is 0.246. The first-order chi connectivity index (χ1) is 15.2. The molecule has 2 aliphatic rings. The van der Waals surface area contributed by atoms with Gasteiger partial charge in [0.05, 0.1) is 18.3 Å². The molecular weight excluding hydrogens is 442 g/mol. The zero-order valence-corrected chi connectivity index (χ0v) is 19.7. The van der Waals surface area contributed by atoms with E-state index in [0.29, 0.717) is 0 Å². The molecule has 2 aliphatic heterocycles. The van der Waals surface area contributed by atoms with Gasteiger partial charge in [0.15, 0.2) is 12.4 Å². The van der Waals surface area contributed by atoms with Gasteiger partial charge in [0, 0.05) is 6.92 Å². The summed E-state index contributed by atoms with van der Waals surface area (Å²) in [5.74, 6) is -2.23. The number of carboxylic acid groups (broad SMARTS) is 1. The number of carbonyl (C=O) groups is 2. The van der Waals surface area contributed by atoms with Gasteiger partial charge in [0.25, 0.3) is 0 Å². The normalized spacial score (nSPS) is 40.0. The van der Waals surface area contributed by atoms with E-state index < -0.39 is 85.2 Å². The Bertz CT molecular complexity index is 682. The minimum Gasteiger partial charge on any atom is -0.479 e. The lowest BCUT2D eigenvalue weighted by Gasteiger charge is -2.49. The first-order valence-corrected chi connectivity index (χ1v) is 11.0. The van der Waals surface area contributed by atoms with Gasteiger partial charge in [-0.2, -0.15) is 0 Å². The fraction of sp³-hybridized carbons (Fsp3) is 0.905. The van der Waals surface area contributed by atoms with E-state index in [-0.39, 0.29) is 5.92 Å². The molecule has 2 heterocycles. The van der Waals surface area contributed by atoms with Crippen LogP contribution in [0.5, 0.6) is 0 Å². The summed E-state index contributed by atoms with van der Waals surface area (Å²) in [6.07, 6.45) is -12.4. The molecule has 33 heavy (non-hydrogen) atoms. The molecule has 10 unspecified atom stereocenters. The van der Waals surface area contributed by atoms with Gasteiger partial charge < -0.3 is 49.8 Å². The lowest BCUT2D eigenvalue weighted by molar-refractivity contribution is -0.328. The molecule has 10 atom stereocenters. The van der Waals surface area contributed by atoms with Crippen LogP contribution >= 0.6 is 0 Å². The molecule has 0 aromatic carbocycles. The average molecular weight is 480 g/mol. The maximum Gasteiger partial charge on any atom is 0.335 e. The SMILES string of the molecule is CC(=O)NC1C(OC2C(C(=O)O)OC(C(C)C)C(O)C2O)OC(CO)C(O)C1OC(C)(C)C. The highest BCUT2D eigenvalue weighted by molar-refractivity contribution is 5.74. The van der Waals surface area contributed by atoms with Gasteiger partial charge in [-0.3, -0.25) is 4.79 Å². The molecule has 2 fully saturated rings. The van der Waals surface area contributed by atoms with Crippen LogP contribution in [0, 0.1) is 5.92 Å². The standard InChI is InChI=1S/C21H37NO11/c1-8(2)15-13(26)14(27)17(18(31-15)19(28)29)32-20-11(22-9(3)24)16(33-21(4,5)6)12(25)10(7-23)30-20/h8,10-18,20,23,25-27H,7H2,1-6H3,(H,22,24)(H,28,29). The Balaban J connectivity index is 2.40. The van der Waals surface area contributed by atoms with Crippen LogP contribution in [0.4, 0.5) is 0 Å². The highest BCUT2D eigenvalue weighted by atomic mass is 16.7. The Hall–Kier alpha value is -1.38. The van der Waals surface area contributed by atoms with Gasteiger partial charge in [0.2, 0.25) is 5.91 Å². The highest BCUT2D eigenvalue weighted by Gasteiger charge is 2.54. The zero-order chi connectivity index (χ0) is 25.2. The van der Waals surface area contributed by atoms with Crippen molar-refractivity contribution in [2.24, 2.45) is 5.92 Å². The lowest BCUT2D eigenvalue weighted by Crippen LogP contribution is -2.69. The van der Waals surface area contributed by atoms with Crippen molar-refractivity contribution in [3.8, 4) is 0 Å². The van der Waals surface area contributed by atoms with Crippen LogP contribution < -0.4 is 5.32 Å². The maximum atomic E-state index is 11.9. The van der Waals surface area contributed by atoms with Gasteiger partial charge in [-0.15, -0.1) is 0 Å². The number of aliphatic carboxylic acids is 1. The molecule has 12 nitrogen and oxygen atoms in total. The van der Waals surface area contributed by atoms with Gasteiger partial charge in [0.1, 0.15) is 42.7 Å². The monoisotopic (exact) mass is 479 g/mol. The first-order valence-electron chi connectivity index (χ1n) is 11.0. The van der Waals surface area contributed by atoms with Crippen molar-refractivity contribution in [1.82, 2.24) is 5.32 Å². The molecule has 0 bridgehead atoms. The summed E-state index contributed by atoms with van der Waals surface area (Å²) in [4.78, 5) is 23.8. The fourth-order valence-corrected chi connectivity index (χ4v) is 4.07. The summed E-state index contributed by atoms with van der Waals surface area (Å²) in [6, 6.07) is -1.14. The molecular formula is C21H37NO11. The largest absolute Gasteiger partial charge is 0.479 e. The van der Waals surface area contributed by atoms with E-state index in [0.717, 1.165) is 0 Å². The van der Waals surface area contributed by atoms with E-state index in [1.165, 1.54) is 6.92 Å². The Kier molecular flexibility index (Phi) is 9.21. The average Bonchev–Trinajstić information content (AvgIpc) is 2.68. The molecule has 6 N–H and O–H groups in total.